The highest BCUT2D eigenvalue weighted by molar-refractivity contribution is 5.82. The molecule has 5 heteroatoms. The van der Waals surface area contributed by atoms with Crippen LogP contribution >= 0.6 is 0 Å². The highest BCUT2D eigenvalue weighted by atomic mass is 16.4. The first-order chi connectivity index (χ1) is 8.30. The normalized spacial score (nSPS) is 34.6. The van der Waals surface area contributed by atoms with Crippen molar-refractivity contribution in [1.82, 2.24) is 5.32 Å². The number of nitrogens with two attached hydrogens (primary N) is 1. The van der Waals surface area contributed by atoms with Crippen LogP contribution in [0, 0.1) is 17.8 Å². The number of nitrogens with one attached hydrogen (secondary N) is 1. The number of rotatable bonds is 4. The molecule has 0 heterocycles. The van der Waals surface area contributed by atoms with E-state index in [4.69, 9.17) is 10.8 Å². The number of fused-ring (bicyclic) bond motifs is 2. The molecule has 0 aromatic carbocycles. The molecule has 2 saturated carbocycles. The topological polar surface area (TPSA) is 92.4 Å². The molecular formula is C13H22N2O3. The average molecular weight is 254 g/mol. The molecule has 0 aromatic heterocycles. The molecule has 2 aliphatic rings. The molecule has 0 spiro atoms. The van der Waals surface area contributed by atoms with Crippen molar-refractivity contribution in [1.29, 1.82) is 0 Å². The molecule has 2 fully saturated rings. The maximum Gasteiger partial charge on any atom is 0.305 e. The predicted molar refractivity (Wildman–Crippen MR) is 66.8 cm³/mol. The maximum atomic E-state index is 12.3. The Morgan fingerprint density at radius 3 is 2.44 bits per heavy atom. The SMILES string of the molecule is CC(C)(CC(=O)O)NC(=O)C1C2CCC(C2)C1N. The van der Waals surface area contributed by atoms with Crippen molar-refractivity contribution >= 4 is 11.9 Å². The van der Waals surface area contributed by atoms with Gasteiger partial charge in [-0.25, -0.2) is 0 Å². The third-order valence-electron chi connectivity index (χ3n) is 4.34. The first-order valence-corrected chi connectivity index (χ1v) is 6.59. The zero-order valence-electron chi connectivity index (χ0n) is 11.0. The zero-order valence-corrected chi connectivity index (χ0v) is 11.0. The van der Waals surface area contributed by atoms with Crippen molar-refractivity contribution in [2.75, 3.05) is 0 Å². The van der Waals surface area contributed by atoms with Crippen LogP contribution in [0.3, 0.4) is 0 Å². The van der Waals surface area contributed by atoms with Gasteiger partial charge in [0.15, 0.2) is 0 Å². The predicted octanol–water partition coefficient (Wildman–Crippen LogP) is 0.729. The third kappa shape index (κ3) is 2.51. The Balaban J connectivity index is 1.98. The largest absolute Gasteiger partial charge is 0.481 e. The highest BCUT2D eigenvalue weighted by Crippen LogP contribution is 2.47. The van der Waals surface area contributed by atoms with Gasteiger partial charge < -0.3 is 16.2 Å². The van der Waals surface area contributed by atoms with E-state index >= 15 is 0 Å². The van der Waals surface area contributed by atoms with E-state index in [-0.39, 0.29) is 24.3 Å². The smallest absolute Gasteiger partial charge is 0.305 e. The van der Waals surface area contributed by atoms with Crippen molar-refractivity contribution in [3.8, 4) is 0 Å². The van der Waals surface area contributed by atoms with Crippen LogP contribution in [0.15, 0.2) is 0 Å². The van der Waals surface area contributed by atoms with Crippen LogP contribution < -0.4 is 11.1 Å². The van der Waals surface area contributed by atoms with Crippen LogP contribution in [0.4, 0.5) is 0 Å². The van der Waals surface area contributed by atoms with Gasteiger partial charge in [-0.15, -0.1) is 0 Å². The first kappa shape index (κ1) is 13.3. The molecule has 18 heavy (non-hydrogen) atoms. The van der Waals surface area contributed by atoms with E-state index in [1.807, 2.05) is 0 Å². The summed E-state index contributed by atoms with van der Waals surface area (Å²) in [7, 11) is 0. The van der Waals surface area contributed by atoms with Gasteiger partial charge in [-0.05, 0) is 44.9 Å². The summed E-state index contributed by atoms with van der Waals surface area (Å²) in [6, 6.07) is -0.0515. The lowest BCUT2D eigenvalue weighted by Crippen LogP contribution is -2.52. The Hall–Kier alpha value is -1.10. The number of amides is 1. The summed E-state index contributed by atoms with van der Waals surface area (Å²) in [5, 5.41) is 11.7. The minimum Gasteiger partial charge on any atom is -0.481 e. The van der Waals surface area contributed by atoms with E-state index in [0.29, 0.717) is 11.8 Å². The lowest BCUT2D eigenvalue weighted by Gasteiger charge is -2.31. The standard InChI is InChI=1S/C13H22N2O3/c1-13(2,6-9(16)17)15-12(18)10-7-3-4-8(5-7)11(10)14/h7-8,10-11H,3-6,14H2,1-2H3,(H,15,18)(H,16,17). The summed E-state index contributed by atoms with van der Waals surface area (Å²) in [5.41, 5.74) is 5.39. The molecule has 4 unspecified atom stereocenters. The summed E-state index contributed by atoms with van der Waals surface area (Å²) in [6.45, 7) is 3.47. The van der Waals surface area contributed by atoms with Crippen LogP contribution in [0.5, 0.6) is 0 Å². The van der Waals surface area contributed by atoms with Gasteiger partial charge in [-0.3, -0.25) is 9.59 Å². The second-order valence-corrected chi connectivity index (χ2v) is 6.38. The van der Waals surface area contributed by atoms with Gasteiger partial charge in [-0.1, -0.05) is 0 Å². The second-order valence-electron chi connectivity index (χ2n) is 6.38. The molecule has 2 aliphatic carbocycles. The fourth-order valence-corrected chi connectivity index (χ4v) is 3.56. The number of carboxylic acids is 1. The number of hydrogen-bond acceptors (Lipinski definition) is 3. The highest BCUT2D eigenvalue weighted by Gasteiger charge is 2.49. The van der Waals surface area contributed by atoms with Gasteiger partial charge in [0.05, 0.1) is 12.3 Å². The Morgan fingerprint density at radius 1 is 1.33 bits per heavy atom. The third-order valence-corrected chi connectivity index (χ3v) is 4.34. The van der Waals surface area contributed by atoms with Crippen molar-refractivity contribution < 1.29 is 14.7 Å². The maximum absolute atomic E-state index is 12.3. The summed E-state index contributed by atoms with van der Waals surface area (Å²) >= 11 is 0. The average Bonchev–Trinajstić information content (AvgIpc) is 2.73. The number of hydrogen-bond donors (Lipinski definition) is 3. The molecule has 4 N–H and O–H groups in total. The van der Waals surface area contributed by atoms with E-state index in [9.17, 15) is 9.59 Å². The number of carbonyl (C=O) groups is 2. The van der Waals surface area contributed by atoms with Gasteiger partial charge >= 0.3 is 5.97 Å². The molecule has 102 valence electrons. The van der Waals surface area contributed by atoms with Crippen molar-refractivity contribution in [3.63, 3.8) is 0 Å². The minimum atomic E-state index is -0.905. The Bertz CT molecular complexity index is 365. The first-order valence-electron chi connectivity index (χ1n) is 6.59. The monoisotopic (exact) mass is 254 g/mol. The summed E-state index contributed by atoms with van der Waals surface area (Å²) < 4.78 is 0. The van der Waals surface area contributed by atoms with E-state index in [0.717, 1.165) is 19.3 Å². The summed E-state index contributed by atoms with van der Waals surface area (Å²) in [6.07, 6.45) is 3.19. The lowest BCUT2D eigenvalue weighted by atomic mass is 9.83. The second kappa shape index (κ2) is 4.53. The van der Waals surface area contributed by atoms with Crippen LogP contribution in [0.25, 0.3) is 0 Å². The fraction of sp³-hybridized carbons (Fsp3) is 0.846. The molecule has 1 amide bonds. The number of carbonyl (C=O) groups excluding carboxylic acids is 1. The van der Waals surface area contributed by atoms with Crippen molar-refractivity contribution in [2.45, 2.75) is 51.1 Å². The number of carboxylic acid groups (broad SMARTS) is 1. The molecule has 0 saturated heterocycles. The van der Waals surface area contributed by atoms with Gasteiger partial charge in [0.25, 0.3) is 0 Å². The number of aliphatic carboxylic acids is 1. The Labute approximate surface area is 107 Å². The molecule has 5 nitrogen and oxygen atoms in total. The molecule has 4 atom stereocenters. The minimum absolute atomic E-state index is 0.0515. The molecule has 0 aliphatic heterocycles. The fourth-order valence-electron chi connectivity index (χ4n) is 3.56. The van der Waals surface area contributed by atoms with E-state index in [2.05, 4.69) is 5.32 Å². The van der Waals surface area contributed by atoms with Gasteiger partial charge in [-0.2, -0.15) is 0 Å². The molecule has 0 aromatic rings. The quantitative estimate of drug-likeness (QED) is 0.689. The molecule has 2 rings (SSSR count). The van der Waals surface area contributed by atoms with Gasteiger partial charge in [0.2, 0.25) is 5.91 Å². The van der Waals surface area contributed by atoms with Gasteiger partial charge in [0, 0.05) is 11.6 Å². The summed E-state index contributed by atoms with van der Waals surface area (Å²) in [5.74, 6) is -0.228. The van der Waals surface area contributed by atoms with Crippen molar-refractivity contribution in [3.05, 3.63) is 0 Å². The van der Waals surface area contributed by atoms with Crippen LogP contribution in [0.1, 0.15) is 39.5 Å². The Morgan fingerprint density at radius 2 is 1.94 bits per heavy atom. The van der Waals surface area contributed by atoms with E-state index < -0.39 is 11.5 Å². The molecule has 0 radical (unpaired) electrons. The zero-order chi connectivity index (χ0) is 13.5. The molecule has 2 bridgehead atoms. The lowest BCUT2D eigenvalue weighted by molar-refractivity contribution is -0.139. The van der Waals surface area contributed by atoms with Crippen LogP contribution in [-0.2, 0) is 9.59 Å². The van der Waals surface area contributed by atoms with Crippen LogP contribution in [0.2, 0.25) is 0 Å². The van der Waals surface area contributed by atoms with Crippen LogP contribution in [-0.4, -0.2) is 28.6 Å². The summed E-state index contributed by atoms with van der Waals surface area (Å²) in [4.78, 5) is 23.0. The van der Waals surface area contributed by atoms with Crippen molar-refractivity contribution in [2.24, 2.45) is 23.5 Å². The van der Waals surface area contributed by atoms with E-state index in [1.165, 1.54) is 0 Å². The van der Waals surface area contributed by atoms with Gasteiger partial charge in [0.1, 0.15) is 0 Å². The van der Waals surface area contributed by atoms with E-state index in [1.54, 1.807) is 13.8 Å². The molecular weight excluding hydrogens is 232 g/mol. The Kier molecular flexibility index (Phi) is 3.36.